The summed E-state index contributed by atoms with van der Waals surface area (Å²) < 4.78 is 5.42. The number of rotatable bonds is 5. The first-order valence-corrected chi connectivity index (χ1v) is 8.76. The van der Waals surface area contributed by atoms with Crippen molar-refractivity contribution in [2.24, 2.45) is 0 Å². The highest BCUT2D eigenvalue weighted by Crippen LogP contribution is 2.32. The summed E-state index contributed by atoms with van der Waals surface area (Å²) in [5.74, 6) is 0.370. The number of hydrogen-bond donors (Lipinski definition) is 2. The molecule has 0 aliphatic carbocycles. The highest BCUT2D eigenvalue weighted by molar-refractivity contribution is 5.82. The molecule has 1 atom stereocenters. The lowest BCUT2D eigenvalue weighted by Gasteiger charge is -2.32. The van der Waals surface area contributed by atoms with Gasteiger partial charge >= 0.3 is 5.97 Å². The van der Waals surface area contributed by atoms with E-state index in [1.807, 2.05) is 0 Å². The van der Waals surface area contributed by atoms with Crippen molar-refractivity contribution < 1.29 is 14.6 Å². The van der Waals surface area contributed by atoms with Crippen LogP contribution in [-0.2, 0) is 14.9 Å². The van der Waals surface area contributed by atoms with E-state index < -0.39 is 11.4 Å². The fourth-order valence-electron chi connectivity index (χ4n) is 3.25. The summed E-state index contributed by atoms with van der Waals surface area (Å²) >= 11 is 0. The Bertz CT molecular complexity index is 631. The van der Waals surface area contributed by atoms with Gasteiger partial charge in [-0.2, -0.15) is 4.98 Å². The van der Waals surface area contributed by atoms with Crippen molar-refractivity contribution in [3.05, 3.63) is 11.8 Å². The Morgan fingerprint density at radius 2 is 2.08 bits per heavy atom. The molecule has 138 valence electrons. The maximum absolute atomic E-state index is 11.7. The molecular formula is C17H27N5O3. The topological polar surface area (TPSA) is 90.8 Å². The molecule has 0 aromatic carbocycles. The normalized spacial score (nSPS) is 22.2. The minimum atomic E-state index is -1.06. The molecule has 2 saturated heterocycles. The molecule has 2 aliphatic heterocycles. The van der Waals surface area contributed by atoms with Gasteiger partial charge in [0.15, 0.2) is 0 Å². The first kappa shape index (κ1) is 17.9. The number of nitrogens with zero attached hydrogens (tertiary/aromatic N) is 4. The Morgan fingerprint density at radius 1 is 1.36 bits per heavy atom. The van der Waals surface area contributed by atoms with Gasteiger partial charge in [0.1, 0.15) is 5.82 Å². The fourth-order valence-corrected chi connectivity index (χ4v) is 3.25. The number of carbonyl (C=O) groups is 1. The molecule has 3 rings (SSSR count). The van der Waals surface area contributed by atoms with E-state index >= 15 is 0 Å². The number of ether oxygens (including phenoxy) is 1. The number of hydrogen-bond acceptors (Lipinski definition) is 7. The fraction of sp³-hybridized carbons (Fsp3) is 0.706. The quantitative estimate of drug-likeness (QED) is 0.806. The third-order valence-electron chi connectivity index (χ3n) is 5.01. The zero-order chi connectivity index (χ0) is 18.0. The number of morpholine rings is 1. The maximum Gasteiger partial charge on any atom is 0.313 e. The van der Waals surface area contributed by atoms with Gasteiger partial charge in [0.25, 0.3) is 0 Å². The number of aliphatic carboxylic acids is 1. The van der Waals surface area contributed by atoms with Crippen molar-refractivity contribution in [1.29, 1.82) is 0 Å². The Morgan fingerprint density at radius 3 is 2.68 bits per heavy atom. The van der Waals surface area contributed by atoms with Gasteiger partial charge in [0.05, 0.1) is 18.6 Å². The van der Waals surface area contributed by atoms with E-state index in [-0.39, 0.29) is 0 Å². The largest absolute Gasteiger partial charge is 0.481 e. The van der Waals surface area contributed by atoms with Crippen LogP contribution in [0.25, 0.3) is 0 Å². The van der Waals surface area contributed by atoms with E-state index in [2.05, 4.69) is 27.1 Å². The summed E-state index contributed by atoms with van der Waals surface area (Å²) in [4.78, 5) is 25.2. The Kier molecular flexibility index (Phi) is 5.10. The summed E-state index contributed by atoms with van der Waals surface area (Å²) in [5, 5.41) is 13.0. The van der Waals surface area contributed by atoms with Gasteiger partial charge in [-0.3, -0.25) is 4.79 Å². The van der Waals surface area contributed by atoms with Gasteiger partial charge in [0.2, 0.25) is 5.95 Å². The SMILES string of the molecule is CN1CC[C@@H](Nc2ncc(C(C)(C)C(=O)O)c(N3CCOCC3)n2)C1. The van der Waals surface area contributed by atoms with Gasteiger partial charge < -0.3 is 25.0 Å². The molecule has 8 heteroatoms. The summed E-state index contributed by atoms with van der Waals surface area (Å²) in [5.41, 5.74) is -0.421. The lowest BCUT2D eigenvalue weighted by atomic mass is 9.85. The van der Waals surface area contributed by atoms with E-state index in [9.17, 15) is 9.90 Å². The number of likely N-dealkylation sites (N-methyl/N-ethyl adjacent to an activating group) is 1. The molecule has 2 aliphatic rings. The molecule has 2 fully saturated rings. The van der Waals surface area contributed by atoms with Crippen molar-refractivity contribution >= 4 is 17.7 Å². The van der Waals surface area contributed by atoms with E-state index in [1.54, 1.807) is 20.0 Å². The highest BCUT2D eigenvalue weighted by atomic mass is 16.5. The predicted octanol–water partition coefficient (Wildman–Crippen LogP) is 0.791. The monoisotopic (exact) mass is 349 g/mol. The van der Waals surface area contributed by atoms with Gasteiger partial charge in [0, 0.05) is 37.4 Å². The van der Waals surface area contributed by atoms with E-state index in [0.29, 0.717) is 49.7 Å². The van der Waals surface area contributed by atoms with Crippen LogP contribution in [0.5, 0.6) is 0 Å². The minimum Gasteiger partial charge on any atom is -0.481 e. The van der Waals surface area contributed by atoms with Crippen LogP contribution >= 0.6 is 0 Å². The first-order chi connectivity index (χ1) is 11.9. The van der Waals surface area contributed by atoms with Crippen LogP contribution in [0.1, 0.15) is 25.8 Å². The molecule has 1 aromatic heterocycles. The molecule has 0 bridgehead atoms. The summed E-state index contributed by atoms with van der Waals surface area (Å²) in [6.45, 7) is 8.03. The van der Waals surface area contributed by atoms with Crippen LogP contribution in [0.2, 0.25) is 0 Å². The molecule has 8 nitrogen and oxygen atoms in total. The van der Waals surface area contributed by atoms with E-state index in [0.717, 1.165) is 19.5 Å². The molecule has 0 spiro atoms. The number of carboxylic acid groups (broad SMARTS) is 1. The van der Waals surface area contributed by atoms with Crippen molar-refractivity contribution in [2.75, 3.05) is 56.7 Å². The first-order valence-electron chi connectivity index (χ1n) is 8.76. The molecule has 0 unspecified atom stereocenters. The van der Waals surface area contributed by atoms with Crippen molar-refractivity contribution in [2.45, 2.75) is 31.7 Å². The average molecular weight is 349 g/mol. The van der Waals surface area contributed by atoms with Crippen molar-refractivity contribution in [3.63, 3.8) is 0 Å². The van der Waals surface area contributed by atoms with Crippen LogP contribution in [0.4, 0.5) is 11.8 Å². The second-order valence-corrected chi connectivity index (χ2v) is 7.35. The number of nitrogens with one attached hydrogen (secondary N) is 1. The predicted molar refractivity (Wildman–Crippen MR) is 95.3 cm³/mol. The van der Waals surface area contributed by atoms with Crippen LogP contribution < -0.4 is 10.2 Å². The third-order valence-corrected chi connectivity index (χ3v) is 5.01. The highest BCUT2D eigenvalue weighted by Gasteiger charge is 2.35. The number of aromatic nitrogens is 2. The Balaban J connectivity index is 1.91. The maximum atomic E-state index is 11.7. The van der Waals surface area contributed by atoms with E-state index in [4.69, 9.17) is 9.72 Å². The second kappa shape index (κ2) is 7.13. The number of carboxylic acids is 1. The molecule has 0 amide bonds. The molecule has 25 heavy (non-hydrogen) atoms. The lowest BCUT2D eigenvalue weighted by molar-refractivity contribution is -0.142. The van der Waals surface area contributed by atoms with Crippen LogP contribution in [0.15, 0.2) is 6.20 Å². The van der Waals surface area contributed by atoms with Gasteiger partial charge in [-0.05, 0) is 33.9 Å². The zero-order valence-electron chi connectivity index (χ0n) is 15.2. The lowest BCUT2D eigenvalue weighted by Crippen LogP contribution is -2.40. The van der Waals surface area contributed by atoms with Crippen LogP contribution in [0, 0.1) is 0 Å². The second-order valence-electron chi connectivity index (χ2n) is 7.35. The molecule has 0 radical (unpaired) electrons. The number of likely N-dealkylation sites (tertiary alicyclic amines) is 1. The number of anilines is 2. The Hall–Kier alpha value is -1.93. The smallest absolute Gasteiger partial charge is 0.313 e. The van der Waals surface area contributed by atoms with Crippen LogP contribution in [0.3, 0.4) is 0 Å². The van der Waals surface area contributed by atoms with Crippen LogP contribution in [-0.4, -0.2) is 78.4 Å². The summed E-state index contributed by atoms with van der Waals surface area (Å²) in [6, 6.07) is 0.320. The molecule has 1 aromatic rings. The zero-order valence-corrected chi connectivity index (χ0v) is 15.2. The molecule has 0 saturated carbocycles. The van der Waals surface area contributed by atoms with Gasteiger partial charge in [-0.25, -0.2) is 4.98 Å². The van der Waals surface area contributed by atoms with Gasteiger partial charge in [-0.15, -0.1) is 0 Å². The summed E-state index contributed by atoms with van der Waals surface area (Å²) in [6.07, 6.45) is 2.71. The van der Waals surface area contributed by atoms with E-state index in [1.165, 1.54) is 0 Å². The third kappa shape index (κ3) is 3.85. The average Bonchev–Trinajstić information content (AvgIpc) is 3.00. The van der Waals surface area contributed by atoms with Crippen molar-refractivity contribution in [1.82, 2.24) is 14.9 Å². The standard InChI is InChI=1S/C17H27N5O3/c1-17(2,15(23)24)13-10-18-16(19-12-4-5-21(3)11-12)20-14(13)22-6-8-25-9-7-22/h10,12H,4-9,11H2,1-3H3,(H,23,24)(H,18,19,20)/t12-/m1/s1. The summed E-state index contributed by atoms with van der Waals surface area (Å²) in [7, 11) is 2.10. The van der Waals surface area contributed by atoms with Gasteiger partial charge in [-0.1, -0.05) is 0 Å². The molecule has 3 heterocycles. The van der Waals surface area contributed by atoms with Crippen molar-refractivity contribution in [3.8, 4) is 0 Å². The minimum absolute atomic E-state index is 0.320. The molecular weight excluding hydrogens is 322 g/mol. The molecule has 2 N–H and O–H groups in total. The Labute approximate surface area is 148 Å².